The van der Waals surface area contributed by atoms with Crippen LogP contribution in [0.25, 0.3) is 0 Å². The van der Waals surface area contributed by atoms with Crippen LogP contribution in [-0.4, -0.2) is 57.9 Å². The van der Waals surface area contributed by atoms with Gasteiger partial charge >= 0.3 is 0 Å². The Labute approximate surface area is 134 Å². The summed E-state index contributed by atoms with van der Waals surface area (Å²) in [6.45, 7) is 2.45. The lowest BCUT2D eigenvalue weighted by Crippen LogP contribution is -2.50. The van der Waals surface area contributed by atoms with Crippen molar-refractivity contribution in [3.8, 4) is 0 Å². The molecule has 0 amide bonds. The number of hydrogen-bond donors (Lipinski definition) is 0. The molecule has 6 nitrogen and oxygen atoms in total. The molecule has 0 aromatic carbocycles. The zero-order valence-electron chi connectivity index (χ0n) is 11.7. The third-order valence-electron chi connectivity index (χ3n) is 3.34. The fraction of sp³-hybridized carbons (Fsp3) is 0.636. The fourth-order valence-corrected chi connectivity index (χ4v) is 6.17. The average molecular weight is 373 g/mol. The van der Waals surface area contributed by atoms with Crippen LogP contribution < -0.4 is 0 Å². The van der Waals surface area contributed by atoms with Gasteiger partial charge in [-0.25, -0.2) is 16.8 Å². The van der Waals surface area contributed by atoms with Crippen molar-refractivity contribution >= 4 is 43.0 Å². The van der Waals surface area contributed by atoms with E-state index in [-0.39, 0.29) is 37.0 Å². The van der Waals surface area contributed by atoms with Crippen LogP contribution in [0, 0.1) is 6.92 Å². The molecule has 2 heterocycles. The summed E-state index contributed by atoms with van der Waals surface area (Å²) >= 11 is 7.11. The molecule has 0 spiro atoms. The molecule has 1 aliphatic rings. The highest BCUT2D eigenvalue weighted by atomic mass is 35.5. The Morgan fingerprint density at radius 3 is 2.10 bits per heavy atom. The lowest BCUT2D eigenvalue weighted by Gasteiger charge is -2.32. The number of halogens is 1. The van der Waals surface area contributed by atoms with Gasteiger partial charge in [0, 0.05) is 35.9 Å². The Morgan fingerprint density at radius 1 is 1.14 bits per heavy atom. The maximum Gasteiger partial charge on any atom is 0.244 e. The van der Waals surface area contributed by atoms with Gasteiger partial charge in [0.1, 0.15) is 0 Å². The van der Waals surface area contributed by atoms with Gasteiger partial charge in [-0.2, -0.15) is 8.61 Å². The molecule has 0 atom stereocenters. The molecule has 1 aromatic rings. The number of thiophene rings is 1. The van der Waals surface area contributed by atoms with E-state index in [0.29, 0.717) is 4.88 Å². The van der Waals surface area contributed by atoms with Crippen LogP contribution >= 0.6 is 22.9 Å². The summed E-state index contributed by atoms with van der Waals surface area (Å²) in [5.74, 6) is 0.281. The van der Waals surface area contributed by atoms with Gasteiger partial charge in [0.25, 0.3) is 0 Å². The van der Waals surface area contributed by atoms with E-state index in [1.807, 2.05) is 0 Å². The van der Waals surface area contributed by atoms with E-state index in [2.05, 4.69) is 0 Å². The van der Waals surface area contributed by atoms with Crippen molar-refractivity contribution in [2.24, 2.45) is 0 Å². The summed E-state index contributed by atoms with van der Waals surface area (Å²) < 4.78 is 50.8. The van der Waals surface area contributed by atoms with Crippen molar-refractivity contribution in [2.75, 3.05) is 32.4 Å². The first kappa shape index (κ1) is 17.2. The van der Waals surface area contributed by atoms with E-state index in [4.69, 9.17) is 11.6 Å². The topological polar surface area (TPSA) is 74.8 Å². The number of nitrogens with zero attached hydrogens (tertiary/aromatic N) is 2. The van der Waals surface area contributed by atoms with Crippen molar-refractivity contribution in [1.82, 2.24) is 8.61 Å². The fourth-order valence-electron chi connectivity index (χ4n) is 2.23. The van der Waals surface area contributed by atoms with E-state index < -0.39 is 20.0 Å². The molecule has 0 radical (unpaired) electrons. The predicted octanol–water partition coefficient (Wildman–Crippen LogP) is 1.06. The number of piperazine rings is 1. The SMILES string of the molecule is Cc1sc(CCl)cc1S(=O)(=O)N1CCN(S(C)(=O)=O)CC1. The Morgan fingerprint density at radius 2 is 1.67 bits per heavy atom. The summed E-state index contributed by atoms with van der Waals surface area (Å²) in [6, 6.07) is 1.60. The summed E-state index contributed by atoms with van der Waals surface area (Å²) in [6.07, 6.45) is 1.13. The molecular weight excluding hydrogens is 356 g/mol. The molecule has 21 heavy (non-hydrogen) atoms. The molecule has 1 fully saturated rings. The minimum absolute atomic E-state index is 0.168. The highest BCUT2D eigenvalue weighted by Gasteiger charge is 2.32. The maximum atomic E-state index is 12.6. The largest absolute Gasteiger partial charge is 0.244 e. The van der Waals surface area contributed by atoms with E-state index in [0.717, 1.165) is 11.1 Å². The zero-order chi connectivity index (χ0) is 15.8. The molecule has 2 rings (SSSR count). The smallest absolute Gasteiger partial charge is 0.213 e. The van der Waals surface area contributed by atoms with E-state index in [1.165, 1.54) is 19.9 Å². The van der Waals surface area contributed by atoms with Gasteiger partial charge in [-0.3, -0.25) is 0 Å². The van der Waals surface area contributed by atoms with E-state index in [9.17, 15) is 16.8 Å². The van der Waals surface area contributed by atoms with Crippen molar-refractivity contribution in [1.29, 1.82) is 0 Å². The number of hydrogen-bond acceptors (Lipinski definition) is 5. The quantitative estimate of drug-likeness (QED) is 0.741. The minimum atomic E-state index is -3.59. The van der Waals surface area contributed by atoms with Crippen molar-refractivity contribution in [3.05, 3.63) is 15.8 Å². The van der Waals surface area contributed by atoms with Crippen LogP contribution in [0.15, 0.2) is 11.0 Å². The Kier molecular flexibility index (Phi) is 5.01. The van der Waals surface area contributed by atoms with Gasteiger partial charge in [-0.05, 0) is 13.0 Å². The first-order valence-electron chi connectivity index (χ1n) is 6.27. The molecule has 0 aliphatic carbocycles. The minimum Gasteiger partial charge on any atom is -0.213 e. The van der Waals surface area contributed by atoms with Crippen molar-refractivity contribution in [2.45, 2.75) is 17.7 Å². The number of aryl methyl sites for hydroxylation is 1. The molecule has 0 unspecified atom stereocenters. The second kappa shape index (κ2) is 6.13. The molecule has 0 N–H and O–H groups in total. The number of alkyl halides is 1. The van der Waals surface area contributed by atoms with Crippen molar-refractivity contribution < 1.29 is 16.8 Å². The van der Waals surface area contributed by atoms with Crippen LogP contribution in [0.4, 0.5) is 0 Å². The lowest BCUT2D eigenvalue weighted by molar-refractivity contribution is 0.274. The van der Waals surface area contributed by atoms with Crippen LogP contribution in [-0.2, 0) is 25.9 Å². The van der Waals surface area contributed by atoms with Gasteiger partial charge in [0.2, 0.25) is 20.0 Å². The van der Waals surface area contributed by atoms with Crippen molar-refractivity contribution in [3.63, 3.8) is 0 Å². The highest BCUT2D eigenvalue weighted by molar-refractivity contribution is 7.89. The predicted molar refractivity (Wildman–Crippen MR) is 83.8 cm³/mol. The second-order valence-corrected chi connectivity index (χ2v) is 10.3. The van der Waals surface area contributed by atoms with Crippen LogP contribution in [0.1, 0.15) is 9.75 Å². The molecule has 10 heteroatoms. The lowest BCUT2D eigenvalue weighted by atomic mass is 10.4. The first-order chi connectivity index (χ1) is 9.66. The third-order valence-corrected chi connectivity index (χ3v) is 8.29. The van der Waals surface area contributed by atoms with Gasteiger partial charge in [-0.1, -0.05) is 0 Å². The third kappa shape index (κ3) is 3.59. The monoisotopic (exact) mass is 372 g/mol. The maximum absolute atomic E-state index is 12.6. The van der Waals surface area contributed by atoms with Gasteiger partial charge in [0.05, 0.1) is 17.0 Å². The Hall–Kier alpha value is -0.190. The molecule has 1 saturated heterocycles. The standard InChI is InChI=1S/C11H17ClN2O4S3/c1-9-11(7-10(8-12)19-9)21(17,18)14-5-3-13(4-6-14)20(2,15)16/h7H,3-6,8H2,1-2H3. The summed E-state index contributed by atoms with van der Waals surface area (Å²) in [5.41, 5.74) is 0. The molecule has 1 aromatic heterocycles. The summed E-state index contributed by atoms with van der Waals surface area (Å²) in [4.78, 5) is 1.79. The van der Waals surface area contributed by atoms with Crippen LogP contribution in [0.5, 0.6) is 0 Å². The van der Waals surface area contributed by atoms with E-state index >= 15 is 0 Å². The number of sulfonamides is 2. The van der Waals surface area contributed by atoms with Crippen LogP contribution in [0.2, 0.25) is 0 Å². The van der Waals surface area contributed by atoms with Gasteiger partial charge in [-0.15, -0.1) is 22.9 Å². The molecule has 0 saturated carbocycles. The van der Waals surface area contributed by atoms with Gasteiger partial charge < -0.3 is 0 Å². The average Bonchev–Trinajstić information content (AvgIpc) is 2.80. The number of rotatable bonds is 4. The summed E-state index contributed by atoms with van der Waals surface area (Å²) in [5, 5.41) is 0. The Balaban J connectivity index is 2.20. The normalized spacial score (nSPS) is 19.0. The Bertz CT molecular complexity index is 719. The molecule has 1 aliphatic heterocycles. The van der Waals surface area contributed by atoms with Gasteiger partial charge in [0.15, 0.2) is 0 Å². The van der Waals surface area contributed by atoms with E-state index in [1.54, 1.807) is 13.0 Å². The molecule has 120 valence electrons. The summed E-state index contributed by atoms with van der Waals surface area (Å²) in [7, 11) is -6.86. The molecular formula is C11H17ClN2O4S3. The van der Waals surface area contributed by atoms with Crippen LogP contribution in [0.3, 0.4) is 0 Å². The first-order valence-corrected chi connectivity index (χ1v) is 10.9. The molecule has 0 bridgehead atoms. The zero-order valence-corrected chi connectivity index (χ0v) is 14.9. The highest BCUT2D eigenvalue weighted by Crippen LogP contribution is 2.29. The second-order valence-electron chi connectivity index (χ2n) is 4.83.